The normalized spacial score (nSPS) is 12.1. The lowest BCUT2D eigenvalue weighted by atomic mass is 10.0. The number of hydrogen-bond donors (Lipinski definition) is 2. The molecule has 0 saturated carbocycles. The molecule has 0 saturated heterocycles. The molecule has 0 bridgehead atoms. The monoisotopic (exact) mass is 316 g/mol. The van der Waals surface area contributed by atoms with E-state index in [1.54, 1.807) is 0 Å². The Morgan fingerprint density at radius 3 is 2.32 bits per heavy atom. The van der Waals surface area contributed by atoms with Gasteiger partial charge < -0.3 is 10.6 Å². The Kier molecular flexibility index (Phi) is 3.74. The molecule has 0 aliphatic carbocycles. The van der Waals surface area contributed by atoms with Crippen molar-refractivity contribution in [2.45, 2.75) is 19.3 Å². The van der Waals surface area contributed by atoms with Crippen LogP contribution in [-0.4, -0.2) is 5.33 Å². The van der Waals surface area contributed by atoms with Crippen LogP contribution in [0.4, 0.5) is 22.7 Å². The van der Waals surface area contributed by atoms with Gasteiger partial charge in [-0.05, 0) is 43.0 Å². The number of rotatable bonds is 4. The maximum absolute atomic E-state index is 3.56. The van der Waals surface area contributed by atoms with Crippen LogP contribution in [0.15, 0.2) is 42.5 Å². The van der Waals surface area contributed by atoms with Gasteiger partial charge in [-0.25, -0.2) is 0 Å². The molecule has 0 atom stereocenters. The molecular weight excluding hydrogens is 300 g/mol. The molecule has 0 fully saturated rings. The van der Waals surface area contributed by atoms with Gasteiger partial charge in [-0.2, -0.15) is 0 Å². The minimum Gasteiger partial charge on any atom is -0.352 e. The number of para-hydroxylation sites is 3. The number of benzene rings is 2. The highest BCUT2D eigenvalue weighted by Crippen LogP contribution is 2.40. The third-order valence-electron chi connectivity index (χ3n) is 3.44. The highest BCUT2D eigenvalue weighted by atomic mass is 79.9. The van der Waals surface area contributed by atoms with Crippen molar-refractivity contribution < 1.29 is 0 Å². The summed E-state index contributed by atoms with van der Waals surface area (Å²) in [5.74, 6) is 0. The summed E-state index contributed by atoms with van der Waals surface area (Å²) in [4.78, 5) is 0. The minimum atomic E-state index is 1.08. The van der Waals surface area contributed by atoms with Gasteiger partial charge in [0.1, 0.15) is 0 Å². The van der Waals surface area contributed by atoms with E-state index in [1.165, 1.54) is 29.8 Å². The molecule has 0 spiro atoms. The Balaban J connectivity index is 1.88. The van der Waals surface area contributed by atoms with E-state index in [2.05, 4.69) is 69.0 Å². The molecule has 0 unspecified atom stereocenters. The zero-order chi connectivity index (χ0) is 13.1. The van der Waals surface area contributed by atoms with E-state index in [4.69, 9.17) is 0 Å². The van der Waals surface area contributed by atoms with E-state index in [9.17, 15) is 0 Å². The number of hydrogen-bond acceptors (Lipinski definition) is 2. The van der Waals surface area contributed by atoms with Crippen LogP contribution in [-0.2, 0) is 6.42 Å². The highest BCUT2D eigenvalue weighted by molar-refractivity contribution is 9.09. The van der Waals surface area contributed by atoms with Crippen molar-refractivity contribution in [2.24, 2.45) is 0 Å². The SMILES string of the molecule is BrCCCCc1cccc2c1Nc1ccccc1N2. The second-order valence-corrected chi connectivity index (χ2v) is 5.57. The van der Waals surface area contributed by atoms with Crippen molar-refractivity contribution in [1.29, 1.82) is 0 Å². The van der Waals surface area contributed by atoms with Crippen molar-refractivity contribution >= 4 is 38.7 Å². The average Bonchev–Trinajstić information content (AvgIpc) is 2.46. The average molecular weight is 317 g/mol. The lowest BCUT2D eigenvalue weighted by molar-refractivity contribution is 0.807. The van der Waals surface area contributed by atoms with Gasteiger partial charge in [0, 0.05) is 5.33 Å². The summed E-state index contributed by atoms with van der Waals surface area (Å²) in [6, 6.07) is 14.8. The maximum Gasteiger partial charge on any atom is 0.0656 e. The summed E-state index contributed by atoms with van der Waals surface area (Å²) in [6.45, 7) is 0. The van der Waals surface area contributed by atoms with Crippen molar-refractivity contribution in [3.8, 4) is 0 Å². The zero-order valence-electron chi connectivity index (χ0n) is 10.7. The minimum absolute atomic E-state index is 1.08. The Hall–Kier alpha value is -1.48. The van der Waals surface area contributed by atoms with E-state index in [0.717, 1.165) is 23.1 Å². The fourth-order valence-electron chi connectivity index (χ4n) is 2.45. The number of anilines is 4. The van der Waals surface area contributed by atoms with E-state index < -0.39 is 0 Å². The molecule has 19 heavy (non-hydrogen) atoms. The number of nitrogens with one attached hydrogen (secondary N) is 2. The predicted octanol–water partition coefficient (Wildman–Crippen LogP) is 5.20. The third kappa shape index (κ3) is 2.61. The van der Waals surface area contributed by atoms with E-state index in [1.807, 2.05) is 0 Å². The van der Waals surface area contributed by atoms with Crippen LogP contribution in [0.5, 0.6) is 0 Å². The number of fused-ring (bicyclic) bond motifs is 2. The molecule has 1 aliphatic heterocycles. The zero-order valence-corrected chi connectivity index (χ0v) is 12.3. The Morgan fingerprint density at radius 2 is 1.53 bits per heavy atom. The van der Waals surface area contributed by atoms with Crippen molar-refractivity contribution in [1.82, 2.24) is 0 Å². The first-order valence-electron chi connectivity index (χ1n) is 6.69. The summed E-state index contributed by atoms with van der Waals surface area (Å²) in [7, 11) is 0. The summed E-state index contributed by atoms with van der Waals surface area (Å²) >= 11 is 3.49. The first-order valence-corrected chi connectivity index (χ1v) is 7.81. The van der Waals surface area contributed by atoms with Crippen LogP contribution < -0.4 is 10.6 Å². The standard InChI is InChI=1S/C16H17BrN2/c17-11-4-3-6-12-7-5-10-15-16(12)19-14-9-2-1-8-13(14)18-15/h1-2,5,7-10,18-19H,3-4,6,11H2. The van der Waals surface area contributed by atoms with Gasteiger partial charge in [0.2, 0.25) is 0 Å². The molecule has 3 heteroatoms. The van der Waals surface area contributed by atoms with Crippen LogP contribution in [0.25, 0.3) is 0 Å². The lowest BCUT2D eigenvalue weighted by Gasteiger charge is -2.25. The van der Waals surface area contributed by atoms with E-state index >= 15 is 0 Å². The first-order chi connectivity index (χ1) is 9.38. The lowest BCUT2D eigenvalue weighted by Crippen LogP contribution is -2.08. The fraction of sp³-hybridized carbons (Fsp3) is 0.250. The molecule has 2 aromatic carbocycles. The second kappa shape index (κ2) is 5.66. The summed E-state index contributed by atoms with van der Waals surface area (Å²) in [6.07, 6.45) is 3.55. The van der Waals surface area contributed by atoms with E-state index in [-0.39, 0.29) is 0 Å². The fourth-order valence-corrected chi connectivity index (χ4v) is 2.85. The van der Waals surface area contributed by atoms with Crippen molar-refractivity contribution in [3.63, 3.8) is 0 Å². The van der Waals surface area contributed by atoms with Crippen molar-refractivity contribution in [3.05, 3.63) is 48.0 Å². The molecule has 0 radical (unpaired) electrons. The van der Waals surface area contributed by atoms with Gasteiger partial charge in [0.05, 0.1) is 22.7 Å². The molecule has 2 N–H and O–H groups in total. The van der Waals surface area contributed by atoms with Crippen LogP contribution in [0.2, 0.25) is 0 Å². The quantitative estimate of drug-likeness (QED) is 0.510. The molecule has 2 nitrogen and oxygen atoms in total. The maximum atomic E-state index is 3.56. The number of unbranched alkanes of at least 4 members (excludes halogenated alkanes) is 1. The summed E-state index contributed by atoms with van der Waals surface area (Å²) in [5, 5.41) is 8.14. The highest BCUT2D eigenvalue weighted by Gasteiger charge is 2.15. The molecule has 2 aromatic rings. The van der Waals surface area contributed by atoms with E-state index in [0.29, 0.717) is 0 Å². The second-order valence-electron chi connectivity index (χ2n) is 4.78. The number of halogens is 1. The smallest absolute Gasteiger partial charge is 0.0656 e. The summed E-state index contributed by atoms with van der Waals surface area (Å²) in [5.41, 5.74) is 6.10. The molecule has 1 aliphatic rings. The predicted molar refractivity (Wildman–Crippen MR) is 86.2 cm³/mol. The van der Waals surface area contributed by atoms with Crippen LogP contribution in [0.1, 0.15) is 18.4 Å². The first kappa shape index (κ1) is 12.5. The Labute approximate surface area is 122 Å². The van der Waals surface area contributed by atoms with Gasteiger partial charge in [-0.15, -0.1) is 0 Å². The number of alkyl halides is 1. The van der Waals surface area contributed by atoms with Crippen LogP contribution in [0, 0.1) is 0 Å². The van der Waals surface area contributed by atoms with Crippen LogP contribution >= 0.6 is 15.9 Å². The Morgan fingerprint density at radius 1 is 0.789 bits per heavy atom. The van der Waals surface area contributed by atoms with Gasteiger partial charge in [0.15, 0.2) is 0 Å². The molecule has 0 amide bonds. The summed E-state index contributed by atoms with van der Waals surface area (Å²) < 4.78 is 0. The largest absolute Gasteiger partial charge is 0.352 e. The molecule has 3 rings (SSSR count). The van der Waals surface area contributed by atoms with Crippen molar-refractivity contribution in [2.75, 3.05) is 16.0 Å². The third-order valence-corrected chi connectivity index (χ3v) is 4.00. The molecule has 1 heterocycles. The molecular formula is C16H17BrN2. The van der Waals surface area contributed by atoms with Crippen LogP contribution in [0.3, 0.4) is 0 Å². The molecule has 98 valence electrons. The Bertz CT molecular complexity index is 581. The van der Waals surface area contributed by atoms with Gasteiger partial charge in [0.25, 0.3) is 0 Å². The topological polar surface area (TPSA) is 24.1 Å². The van der Waals surface area contributed by atoms with Gasteiger partial charge >= 0.3 is 0 Å². The number of aryl methyl sites for hydroxylation is 1. The molecule has 0 aromatic heterocycles. The van der Waals surface area contributed by atoms with Gasteiger partial charge in [-0.1, -0.05) is 40.2 Å². The van der Waals surface area contributed by atoms with Gasteiger partial charge in [-0.3, -0.25) is 0 Å².